The summed E-state index contributed by atoms with van der Waals surface area (Å²) >= 11 is 0. The molecule has 5 heteroatoms. The molecule has 1 spiro atoms. The van der Waals surface area contributed by atoms with Crippen LogP contribution < -0.4 is 0 Å². The number of ether oxygens (including phenoxy) is 2. The number of rotatable bonds is 2. The minimum absolute atomic E-state index is 0.352. The summed E-state index contributed by atoms with van der Waals surface area (Å²) in [5, 5.41) is 8.87. The van der Waals surface area contributed by atoms with Crippen LogP contribution in [0.25, 0.3) is 0 Å². The molecule has 2 saturated heterocycles. The van der Waals surface area contributed by atoms with E-state index in [0.29, 0.717) is 25.3 Å². The Balaban J connectivity index is 1.62. The second kappa shape index (κ2) is 5.49. The largest absolute Gasteiger partial charge is 0.347 e. The first-order valence-corrected chi connectivity index (χ1v) is 6.89. The fourth-order valence-electron chi connectivity index (χ4n) is 2.90. The number of piperidine rings is 1. The van der Waals surface area contributed by atoms with Gasteiger partial charge in [-0.15, -0.1) is 0 Å². The van der Waals surface area contributed by atoms with Gasteiger partial charge in [0.2, 0.25) is 0 Å². The van der Waals surface area contributed by atoms with Crippen LogP contribution in [-0.2, 0) is 16.0 Å². The van der Waals surface area contributed by atoms with Gasteiger partial charge in [0.1, 0.15) is 5.82 Å². The van der Waals surface area contributed by atoms with Gasteiger partial charge in [0, 0.05) is 32.5 Å². The molecule has 0 saturated carbocycles. The van der Waals surface area contributed by atoms with Crippen molar-refractivity contribution >= 4 is 0 Å². The highest BCUT2D eigenvalue weighted by molar-refractivity contribution is 5.33. The van der Waals surface area contributed by atoms with Crippen LogP contribution in [0, 0.1) is 17.1 Å². The number of nitrogens with zero attached hydrogens (tertiary/aromatic N) is 2. The normalized spacial score (nSPS) is 22.0. The van der Waals surface area contributed by atoms with Gasteiger partial charge in [0.15, 0.2) is 5.79 Å². The Bertz CT molecular complexity index is 525. The maximum atomic E-state index is 13.4. The number of nitriles is 1. The van der Waals surface area contributed by atoms with Gasteiger partial charge in [-0.1, -0.05) is 0 Å². The van der Waals surface area contributed by atoms with E-state index in [-0.39, 0.29) is 11.6 Å². The zero-order valence-corrected chi connectivity index (χ0v) is 11.3. The van der Waals surface area contributed by atoms with Crippen LogP contribution >= 0.6 is 0 Å². The molecule has 0 atom stereocenters. The minimum Gasteiger partial charge on any atom is -0.347 e. The Kier molecular flexibility index (Phi) is 3.70. The molecule has 0 radical (unpaired) electrons. The van der Waals surface area contributed by atoms with Crippen molar-refractivity contribution in [3.8, 4) is 6.07 Å². The fourth-order valence-corrected chi connectivity index (χ4v) is 2.90. The summed E-state index contributed by atoms with van der Waals surface area (Å²) in [4.78, 5) is 2.24. The Morgan fingerprint density at radius 1 is 1.20 bits per heavy atom. The molecule has 2 aliphatic rings. The van der Waals surface area contributed by atoms with Gasteiger partial charge >= 0.3 is 0 Å². The highest BCUT2D eigenvalue weighted by Crippen LogP contribution is 2.31. The van der Waals surface area contributed by atoms with Crippen molar-refractivity contribution in [2.45, 2.75) is 25.2 Å². The molecule has 0 N–H and O–H groups in total. The Morgan fingerprint density at radius 3 is 2.55 bits per heavy atom. The van der Waals surface area contributed by atoms with Crippen LogP contribution in [0.2, 0.25) is 0 Å². The Morgan fingerprint density at radius 2 is 1.90 bits per heavy atom. The molecule has 2 aliphatic heterocycles. The molecule has 0 amide bonds. The predicted molar refractivity (Wildman–Crippen MR) is 70.3 cm³/mol. The maximum absolute atomic E-state index is 13.4. The van der Waals surface area contributed by atoms with Crippen LogP contribution in [0.15, 0.2) is 18.2 Å². The van der Waals surface area contributed by atoms with Crippen LogP contribution in [0.3, 0.4) is 0 Å². The first kappa shape index (κ1) is 13.5. The second-order valence-electron chi connectivity index (χ2n) is 5.34. The van der Waals surface area contributed by atoms with Crippen LogP contribution in [0.1, 0.15) is 24.0 Å². The SMILES string of the molecule is N#Cc1cc(F)cc(CN2CCC3(CC2)OCCO3)c1. The van der Waals surface area contributed by atoms with Crippen molar-refractivity contribution in [3.63, 3.8) is 0 Å². The van der Waals surface area contributed by atoms with Gasteiger partial charge < -0.3 is 9.47 Å². The number of hydrogen-bond donors (Lipinski definition) is 0. The minimum atomic E-state index is -0.379. The zero-order valence-electron chi connectivity index (χ0n) is 11.3. The lowest BCUT2D eigenvalue weighted by molar-refractivity contribution is -0.185. The molecule has 2 fully saturated rings. The Hall–Kier alpha value is -1.48. The van der Waals surface area contributed by atoms with E-state index >= 15 is 0 Å². The van der Waals surface area contributed by atoms with Crippen LogP contribution in [-0.4, -0.2) is 37.0 Å². The molecule has 0 unspecified atom stereocenters. The van der Waals surface area contributed by atoms with Gasteiger partial charge in [0.25, 0.3) is 0 Å². The number of hydrogen-bond acceptors (Lipinski definition) is 4. The highest BCUT2D eigenvalue weighted by Gasteiger charge is 2.39. The fraction of sp³-hybridized carbons (Fsp3) is 0.533. The molecule has 1 aromatic carbocycles. The van der Waals surface area contributed by atoms with E-state index in [1.165, 1.54) is 12.1 Å². The molecule has 4 nitrogen and oxygen atoms in total. The van der Waals surface area contributed by atoms with E-state index in [4.69, 9.17) is 14.7 Å². The third-order valence-electron chi connectivity index (χ3n) is 3.92. The van der Waals surface area contributed by atoms with Gasteiger partial charge in [-0.3, -0.25) is 4.90 Å². The molecule has 3 rings (SSSR count). The standard InChI is InChI=1S/C15H17FN2O2/c16-14-8-12(10-17)7-13(9-14)11-18-3-1-15(2-4-18)19-5-6-20-15/h7-9H,1-6,11H2. The summed E-state index contributed by atoms with van der Waals surface area (Å²) in [5.74, 6) is -0.731. The first-order valence-electron chi connectivity index (χ1n) is 6.89. The third-order valence-corrected chi connectivity index (χ3v) is 3.92. The summed E-state index contributed by atoms with van der Waals surface area (Å²) in [6.45, 7) is 3.73. The maximum Gasteiger partial charge on any atom is 0.170 e. The zero-order chi connectivity index (χ0) is 14.0. The highest BCUT2D eigenvalue weighted by atomic mass is 19.1. The lowest BCUT2D eigenvalue weighted by Crippen LogP contribution is -2.44. The molecule has 2 heterocycles. The van der Waals surface area contributed by atoms with Crippen LogP contribution in [0.4, 0.5) is 4.39 Å². The van der Waals surface area contributed by atoms with E-state index in [1.807, 2.05) is 6.07 Å². The van der Waals surface area contributed by atoms with Crippen molar-refractivity contribution in [2.75, 3.05) is 26.3 Å². The topological polar surface area (TPSA) is 45.5 Å². The smallest absolute Gasteiger partial charge is 0.170 e. The van der Waals surface area contributed by atoms with E-state index in [9.17, 15) is 4.39 Å². The summed E-state index contributed by atoms with van der Waals surface area (Å²) in [6, 6.07) is 6.49. The van der Waals surface area contributed by atoms with E-state index in [2.05, 4.69) is 4.90 Å². The van der Waals surface area contributed by atoms with Crippen molar-refractivity contribution in [3.05, 3.63) is 35.1 Å². The molecule has 0 aromatic heterocycles. The van der Waals surface area contributed by atoms with Gasteiger partial charge in [0.05, 0.1) is 24.8 Å². The molecule has 106 valence electrons. The quantitative estimate of drug-likeness (QED) is 0.829. The molecule has 0 bridgehead atoms. The number of halogens is 1. The van der Waals surface area contributed by atoms with Crippen molar-refractivity contribution in [2.24, 2.45) is 0 Å². The lowest BCUT2D eigenvalue weighted by atomic mass is 10.0. The average Bonchev–Trinajstić information content (AvgIpc) is 2.89. The summed E-state index contributed by atoms with van der Waals surface area (Å²) in [7, 11) is 0. The summed E-state index contributed by atoms with van der Waals surface area (Å²) in [5.41, 5.74) is 1.21. The molecular weight excluding hydrogens is 259 g/mol. The summed E-state index contributed by atoms with van der Waals surface area (Å²) < 4.78 is 24.8. The number of likely N-dealkylation sites (tertiary alicyclic amines) is 1. The van der Waals surface area contributed by atoms with Gasteiger partial charge in [-0.05, 0) is 23.8 Å². The molecule has 20 heavy (non-hydrogen) atoms. The molecular formula is C15H17FN2O2. The van der Waals surface area contributed by atoms with Crippen molar-refractivity contribution in [1.29, 1.82) is 5.26 Å². The van der Waals surface area contributed by atoms with E-state index in [0.717, 1.165) is 31.5 Å². The average molecular weight is 276 g/mol. The molecule has 0 aliphatic carbocycles. The van der Waals surface area contributed by atoms with Gasteiger partial charge in [-0.25, -0.2) is 4.39 Å². The monoisotopic (exact) mass is 276 g/mol. The molecule has 1 aromatic rings. The second-order valence-corrected chi connectivity index (χ2v) is 5.34. The van der Waals surface area contributed by atoms with Crippen LogP contribution in [0.5, 0.6) is 0 Å². The van der Waals surface area contributed by atoms with Gasteiger partial charge in [-0.2, -0.15) is 5.26 Å². The lowest BCUT2D eigenvalue weighted by Gasteiger charge is -2.37. The summed E-state index contributed by atoms with van der Waals surface area (Å²) in [6.07, 6.45) is 1.68. The number of benzene rings is 1. The predicted octanol–water partition coefficient (Wildman–Crippen LogP) is 2.04. The third kappa shape index (κ3) is 2.83. The van der Waals surface area contributed by atoms with Crippen molar-refractivity contribution in [1.82, 2.24) is 4.90 Å². The van der Waals surface area contributed by atoms with E-state index < -0.39 is 0 Å². The van der Waals surface area contributed by atoms with Crippen molar-refractivity contribution < 1.29 is 13.9 Å². The van der Waals surface area contributed by atoms with E-state index in [1.54, 1.807) is 6.07 Å². The first-order chi connectivity index (χ1) is 9.69. The Labute approximate surface area is 117 Å².